The zero-order valence-electron chi connectivity index (χ0n) is 9.52. The zero-order valence-corrected chi connectivity index (χ0v) is 11.2. The second-order valence-corrected chi connectivity index (χ2v) is 6.64. The lowest BCUT2D eigenvalue weighted by molar-refractivity contribution is 0.318. The van der Waals surface area contributed by atoms with Crippen molar-refractivity contribution in [3.05, 3.63) is 0 Å². The van der Waals surface area contributed by atoms with Gasteiger partial charge in [-0.3, -0.25) is 0 Å². The summed E-state index contributed by atoms with van der Waals surface area (Å²) in [5.74, 6) is 1.08. The molecule has 96 valence electrons. The van der Waals surface area contributed by atoms with Crippen LogP contribution in [-0.2, 0) is 10.0 Å². The highest BCUT2D eigenvalue weighted by Crippen LogP contribution is 2.20. The van der Waals surface area contributed by atoms with E-state index in [4.69, 9.17) is 0 Å². The molecule has 1 N–H and O–H groups in total. The molecule has 0 saturated carbocycles. The van der Waals surface area contributed by atoms with Crippen LogP contribution in [0.15, 0.2) is 0 Å². The van der Waals surface area contributed by atoms with Crippen molar-refractivity contribution in [2.45, 2.75) is 25.7 Å². The molecule has 16 heavy (non-hydrogen) atoms. The molecule has 2 aliphatic rings. The van der Waals surface area contributed by atoms with E-state index in [1.54, 1.807) is 4.31 Å². The van der Waals surface area contributed by atoms with Gasteiger partial charge in [-0.2, -0.15) is 0 Å². The highest BCUT2D eigenvalue weighted by molar-refractivity contribution is 7.89. The minimum Gasteiger partial charge on any atom is -0.317 e. The van der Waals surface area contributed by atoms with E-state index in [-0.39, 0.29) is 12.4 Å². The maximum atomic E-state index is 11.5. The molecule has 4 nitrogen and oxygen atoms in total. The summed E-state index contributed by atoms with van der Waals surface area (Å²) >= 11 is 0. The van der Waals surface area contributed by atoms with Gasteiger partial charge in [0.2, 0.25) is 10.0 Å². The number of sulfonamides is 1. The van der Waals surface area contributed by atoms with Crippen molar-refractivity contribution in [2.24, 2.45) is 5.92 Å². The predicted octanol–water partition coefficient (Wildman–Crippen LogP) is 0.833. The quantitative estimate of drug-likeness (QED) is 0.825. The van der Waals surface area contributed by atoms with Crippen molar-refractivity contribution in [1.82, 2.24) is 9.62 Å². The molecule has 0 aromatic rings. The molecular weight excluding hydrogens is 248 g/mol. The van der Waals surface area contributed by atoms with Crippen LogP contribution < -0.4 is 5.32 Å². The summed E-state index contributed by atoms with van der Waals surface area (Å²) in [5.41, 5.74) is 0. The van der Waals surface area contributed by atoms with E-state index in [2.05, 4.69) is 5.32 Å². The Morgan fingerprint density at radius 3 is 2.50 bits per heavy atom. The van der Waals surface area contributed by atoms with Crippen LogP contribution in [0.2, 0.25) is 0 Å². The topological polar surface area (TPSA) is 49.4 Å². The van der Waals surface area contributed by atoms with Gasteiger partial charge in [0.15, 0.2) is 0 Å². The minimum atomic E-state index is -2.87. The minimum absolute atomic E-state index is 0. The van der Waals surface area contributed by atoms with E-state index in [0.29, 0.717) is 5.75 Å². The van der Waals surface area contributed by atoms with Gasteiger partial charge >= 0.3 is 0 Å². The summed E-state index contributed by atoms with van der Waals surface area (Å²) in [4.78, 5) is 0. The van der Waals surface area contributed by atoms with Crippen LogP contribution in [0.25, 0.3) is 0 Å². The molecule has 0 amide bonds. The maximum Gasteiger partial charge on any atom is 0.214 e. The summed E-state index contributed by atoms with van der Waals surface area (Å²) < 4.78 is 24.8. The van der Waals surface area contributed by atoms with Gasteiger partial charge in [-0.1, -0.05) is 0 Å². The van der Waals surface area contributed by atoms with Gasteiger partial charge < -0.3 is 5.32 Å². The van der Waals surface area contributed by atoms with Crippen LogP contribution in [-0.4, -0.2) is 44.7 Å². The Morgan fingerprint density at radius 2 is 1.94 bits per heavy atom. The van der Waals surface area contributed by atoms with E-state index in [0.717, 1.165) is 44.9 Å². The van der Waals surface area contributed by atoms with Crippen molar-refractivity contribution in [3.8, 4) is 0 Å². The molecule has 0 unspecified atom stereocenters. The van der Waals surface area contributed by atoms with E-state index in [1.165, 1.54) is 12.8 Å². The van der Waals surface area contributed by atoms with Crippen LogP contribution in [0.3, 0.4) is 0 Å². The molecule has 2 rings (SSSR count). The molecule has 0 aliphatic carbocycles. The first-order chi connectivity index (χ1) is 7.18. The lowest BCUT2D eigenvalue weighted by atomic mass is 9.95. The Morgan fingerprint density at radius 1 is 1.25 bits per heavy atom. The van der Waals surface area contributed by atoms with Crippen molar-refractivity contribution in [1.29, 1.82) is 0 Å². The Hall–Kier alpha value is 0.160. The number of halogens is 1. The molecule has 2 saturated heterocycles. The van der Waals surface area contributed by atoms with Crippen LogP contribution in [0, 0.1) is 5.92 Å². The SMILES string of the molecule is Cl.O=S1(=O)CCCN1CCC1CCNCC1. The van der Waals surface area contributed by atoms with Crippen LogP contribution >= 0.6 is 12.4 Å². The highest BCUT2D eigenvalue weighted by atomic mass is 35.5. The summed E-state index contributed by atoms with van der Waals surface area (Å²) in [6, 6.07) is 0. The Labute approximate surface area is 104 Å². The largest absolute Gasteiger partial charge is 0.317 e. The molecule has 0 aromatic carbocycles. The summed E-state index contributed by atoms with van der Waals surface area (Å²) in [6.45, 7) is 3.68. The van der Waals surface area contributed by atoms with Gasteiger partial charge in [0.1, 0.15) is 0 Å². The lowest BCUT2D eigenvalue weighted by Crippen LogP contribution is -2.32. The Kier molecular flexibility index (Phi) is 5.50. The maximum absolute atomic E-state index is 11.5. The normalized spacial score (nSPS) is 26.5. The van der Waals surface area contributed by atoms with Crippen molar-refractivity contribution >= 4 is 22.4 Å². The predicted molar refractivity (Wildman–Crippen MR) is 67.4 cm³/mol. The van der Waals surface area contributed by atoms with E-state index >= 15 is 0 Å². The average Bonchev–Trinajstić information content (AvgIpc) is 2.56. The first-order valence-corrected chi connectivity index (χ1v) is 7.48. The number of hydrogen-bond acceptors (Lipinski definition) is 3. The summed E-state index contributed by atoms with van der Waals surface area (Å²) in [7, 11) is -2.87. The number of rotatable bonds is 3. The number of nitrogens with one attached hydrogen (secondary N) is 1. The number of nitrogens with zero attached hydrogens (tertiary/aromatic N) is 1. The second-order valence-electron chi connectivity index (χ2n) is 4.55. The standard InChI is InChI=1S/C10H20N2O2S.ClH/c13-15(14)9-1-7-12(15)8-4-10-2-5-11-6-3-10;/h10-11H,1-9H2;1H. The van der Waals surface area contributed by atoms with E-state index in [1.807, 2.05) is 0 Å². The van der Waals surface area contributed by atoms with Crippen LogP contribution in [0.5, 0.6) is 0 Å². The molecular formula is C10H21ClN2O2S. The monoisotopic (exact) mass is 268 g/mol. The van der Waals surface area contributed by atoms with Gasteiger partial charge in [0, 0.05) is 13.1 Å². The average molecular weight is 269 g/mol. The van der Waals surface area contributed by atoms with Crippen LogP contribution in [0.4, 0.5) is 0 Å². The molecule has 0 bridgehead atoms. The molecule has 0 aromatic heterocycles. The van der Waals surface area contributed by atoms with Gasteiger partial charge in [-0.25, -0.2) is 12.7 Å². The van der Waals surface area contributed by atoms with Crippen LogP contribution in [0.1, 0.15) is 25.7 Å². The van der Waals surface area contributed by atoms with Crippen molar-refractivity contribution in [2.75, 3.05) is 31.9 Å². The zero-order chi connectivity index (χ0) is 10.7. The first kappa shape index (κ1) is 14.2. The fraction of sp³-hybridized carbons (Fsp3) is 1.00. The molecule has 2 aliphatic heterocycles. The third-order valence-electron chi connectivity index (χ3n) is 3.45. The molecule has 2 fully saturated rings. The van der Waals surface area contributed by atoms with Crippen molar-refractivity contribution < 1.29 is 8.42 Å². The van der Waals surface area contributed by atoms with E-state index < -0.39 is 10.0 Å². The van der Waals surface area contributed by atoms with Gasteiger partial charge in [0.05, 0.1) is 5.75 Å². The smallest absolute Gasteiger partial charge is 0.214 e. The molecule has 0 radical (unpaired) electrons. The fourth-order valence-corrected chi connectivity index (χ4v) is 3.98. The highest BCUT2D eigenvalue weighted by Gasteiger charge is 2.28. The third-order valence-corrected chi connectivity index (χ3v) is 5.41. The summed E-state index contributed by atoms with van der Waals surface area (Å²) in [6.07, 6.45) is 4.26. The Balaban J connectivity index is 0.00000128. The van der Waals surface area contributed by atoms with Gasteiger partial charge in [0.25, 0.3) is 0 Å². The second kappa shape index (κ2) is 6.19. The van der Waals surface area contributed by atoms with Crippen molar-refractivity contribution in [3.63, 3.8) is 0 Å². The molecule has 2 heterocycles. The van der Waals surface area contributed by atoms with Gasteiger partial charge in [-0.05, 0) is 44.7 Å². The Bertz CT molecular complexity index is 302. The summed E-state index contributed by atoms with van der Waals surface area (Å²) in [5, 5.41) is 3.33. The third kappa shape index (κ3) is 3.58. The first-order valence-electron chi connectivity index (χ1n) is 5.87. The number of piperidine rings is 1. The molecule has 6 heteroatoms. The number of hydrogen-bond donors (Lipinski definition) is 1. The van der Waals surface area contributed by atoms with Gasteiger partial charge in [-0.15, -0.1) is 12.4 Å². The molecule has 0 atom stereocenters. The molecule has 0 spiro atoms. The lowest BCUT2D eigenvalue weighted by Gasteiger charge is -2.24. The fourth-order valence-electron chi connectivity index (χ4n) is 2.44. The van der Waals surface area contributed by atoms with E-state index in [9.17, 15) is 8.42 Å².